The molecular weight excluding hydrogens is 292 g/mol. The molecular formula is C18H28N2O3. The van der Waals surface area contributed by atoms with Crippen molar-refractivity contribution in [3.63, 3.8) is 0 Å². The van der Waals surface area contributed by atoms with Gasteiger partial charge in [-0.1, -0.05) is 6.92 Å². The van der Waals surface area contributed by atoms with Gasteiger partial charge in [0.1, 0.15) is 5.60 Å². The van der Waals surface area contributed by atoms with Crippen LogP contribution in [0.2, 0.25) is 0 Å². The number of hydrogen-bond donors (Lipinski definition) is 1. The summed E-state index contributed by atoms with van der Waals surface area (Å²) in [7, 11) is 0. The van der Waals surface area contributed by atoms with Crippen molar-refractivity contribution < 1.29 is 14.3 Å². The molecule has 0 saturated heterocycles. The fourth-order valence-electron chi connectivity index (χ4n) is 3.11. The molecule has 1 N–H and O–H groups in total. The summed E-state index contributed by atoms with van der Waals surface area (Å²) in [5.41, 5.74) is 0.898. The maximum atomic E-state index is 12.8. The van der Waals surface area contributed by atoms with E-state index in [0.717, 1.165) is 31.2 Å². The molecule has 0 aromatic carbocycles. The van der Waals surface area contributed by atoms with Gasteiger partial charge in [-0.25, -0.2) is 4.98 Å². The third kappa shape index (κ3) is 4.22. The molecule has 0 atom stereocenters. The van der Waals surface area contributed by atoms with E-state index in [1.54, 1.807) is 6.20 Å². The van der Waals surface area contributed by atoms with Crippen molar-refractivity contribution >= 4 is 11.6 Å². The first-order chi connectivity index (χ1) is 11.0. The molecule has 1 amide bonds. The van der Waals surface area contributed by atoms with E-state index in [9.17, 15) is 4.79 Å². The minimum Gasteiger partial charge on any atom is -0.478 e. The van der Waals surface area contributed by atoms with Gasteiger partial charge < -0.3 is 14.8 Å². The van der Waals surface area contributed by atoms with Gasteiger partial charge in [-0.3, -0.25) is 4.79 Å². The summed E-state index contributed by atoms with van der Waals surface area (Å²) in [6.07, 6.45) is 5.23. The third-order valence-electron chi connectivity index (χ3n) is 4.49. The molecule has 5 heteroatoms. The molecule has 5 nitrogen and oxygen atoms in total. The predicted octanol–water partition coefficient (Wildman–Crippen LogP) is 3.71. The first kappa shape index (κ1) is 17.7. The normalized spacial score (nSPS) is 24.3. The summed E-state index contributed by atoms with van der Waals surface area (Å²) in [6.45, 7) is 9.14. The predicted molar refractivity (Wildman–Crippen MR) is 90.8 cm³/mol. The Morgan fingerprint density at radius 1 is 1.35 bits per heavy atom. The van der Waals surface area contributed by atoms with Crippen LogP contribution in [0.3, 0.4) is 0 Å². The van der Waals surface area contributed by atoms with E-state index >= 15 is 0 Å². The molecule has 128 valence electrons. The Balaban J connectivity index is 2.11. The van der Waals surface area contributed by atoms with E-state index in [1.165, 1.54) is 0 Å². The van der Waals surface area contributed by atoms with Crippen molar-refractivity contribution in [1.29, 1.82) is 0 Å². The van der Waals surface area contributed by atoms with Gasteiger partial charge in [0, 0.05) is 12.2 Å². The van der Waals surface area contributed by atoms with Crippen LogP contribution >= 0.6 is 0 Å². The number of hydrogen-bond acceptors (Lipinski definition) is 4. The molecule has 1 heterocycles. The second-order valence-electron chi connectivity index (χ2n) is 6.34. The van der Waals surface area contributed by atoms with Crippen molar-refractivity contribution in [1.82, 2.24) is 4.98 Å². The van der Waals surface area contributed by atoms with Gasteiger partial charge in [0.25, 0.3) is 5.91 Å². The molecule has 0 spiro atoms. The largest absolute Gasteiger partial charge is 0.478 e. The molecule has 1 aliphatic carbocycles. The summed E-state index contributed by atoms with van der Waals surface area (Å²) >= 11 is 0. The second kappa shape index (κ2) is 7.77. The molecule has 23 heavy (non-hydrogen) atoms. The Kier molecular flexibility index (Phi) is 5.99. The minimum absolute atomic E-state index is 0.0587. The maximum absolute atomic E-state index is 12.8. The molecule has 2 rings (SSSR count). The second-order valence-corrected chi connectivity index (χ2v) is 6.34. The summed E-state index contributed by atoms with van der Waals surface area (Å²) in [6, 6.07) is 1.89. The fourth-order valence-corrected chi connectivity index (χ4v) is 3.11. The Morgan fingerprint density at radius 3 is 2.61 bits per heavy atom. The van der Waals surface area contributed by atoms with E-state index in [1.807, 2.05) is 26.8 Å². The first-order valence-electron chi connectivity index (χ1n) is 8.55. The number of carbonyl (C=O) groups is 1. The first-order valence-corrected chi connectivity index (χ1v) is 8.55. The van der Waals surface area contributed by atoms with Crippen LogP contribution in [-0.4, -0.2) is 29.7 Å². The lowest BCUT2D eigenvalue weighted by atomic mass is 9.78. The number of carbonyl (C=O) groups excluding carboxylic acids is 1. The molecule has 0 radical (unpaired) electrons. The van der Waals surface area contributed by atoms with E-state index in [2.05, 4.69) is 17.2 Å². The van der Waals surface area contributed by atoms with Crippen LogP contribution in [0.1, 0.15) is 52.0 Å². The standard InChI is InChI=1S/C18H28N2O3/c1-5-22-16-14(4)11-15(12-19-16)20-17(21)18(23-6-2)9-7-13(3)8-10-18/h11-13H,5-10H2,1-4H3,(H,20,21). The molecule has 0 bridgehead atoms. The van der Waals surface area contributed by atoms with Crippen LogP contribution in [0.15, 0.2) is 12.3 Å². The summed E-state index contributed by atoms with van der Waals surface area (Å²) in [4.78, 5) is 17.1. The highest BCUT2D eigenvalue weighted by atomic mass is 16.5. The molecule has 0 unspecified atom stereocenters. The van der Waals surface area contributed by atoms with Crippen molar-refractivity contribution in [2.24, 2.45) is 5.92 Å². The lowest BCUT2D eigenvalue weighted by molar-refractivity contribution is -0.146. The molecule has 1 saturated carbocycles. The number of rotatable bonds is 6. The summed E-state index contributed by atoms with van der Waals surface area (Å²) < 4.78 is 11.3. The molecule has 1 aromatic rings. The molecule has 1 aromatic heterocycles. The Morgan fingerprint density at radius 2 is 2.04 bits per heavy atom. The number of anilines is 1. The number of aromatic nitrogens is 1. The lowest BCUT2D eigenvalue weighted by Gasteiger charge is -2.37. The number of aryl methyl sites for hydroxylation is 1. The van der Waals surface area contributed by atoms with Gasteiger partial charge >= 0.3 is 0 Å². The van der Waals surface area contributed by atoms with Crippen molar-refractivity contribution in [3.05, 3.63) is 17.8 Å². The lowest BCUT2D eigenvalue weighted by Crippen LogP contribution is -2.48. The molecule has 1 aliphatic rings. The quantitative estimate of drug-likeness (QED) is 0.868. The maximum Gasteiger partial charge on any atom is 0.256 e. The van der Waals surface area contributed by atoms with Crippen molar-refractivity contribution in [2.75, 3.05) is 18.5 Å². The summed E-state index contributed by atoms with van der Waals surface area (Å²) in [5, 5.41) is 2.98. The topological polar surface area (TPSA) is 60.5 Å². The smallest absolute Gasteiger partial charge is 0.256 e. The average Bonchev–Trinajstić information content (AvgIpc) is 2.53. The van der Waals surface area contributed by atoms with Crippen molar-refractivity contribution in [2.45, 2.75) is 59.0 Å². The van der Waals surface area contributed by atoms with Gasteiger partial charge in [0.2, 0.25) is 5.88 Å². The van der Waals surface area contributed by atoms with E-state index in [4.69, 9.17) is 9.47 Å². The van der Waals surface area contributed by atoms with Gasteiger partial charge in [0.05, 0.1) is 18.5 Å². The van der Waals surface area contributed by atoms with Crippen LogP contribution < -0.4 is 10.1 Å². The number of ether oxygens (including phenoxy) is 2. The third-order valence-corrected chi connectivity index (χ3v) is 4.49. The van der Waals surface area contributed by atoms with Crippen LogP contribution in [0.25, 0.3) is 0 Å². The zero-order valence-corrected chi connectivity index (χ0v) is 14.6. The number of nitrogens with one attached hydrogen (secondary N) is 1. The Bertz CT molecular complexity index is 537. The molecule has 0 aliphatic heterocycles. The average molecular weight is 320 g/mol. The number of pyridine rings is 1. The van der Waals surface area contributed by atoms with Gasteiger partial charge in [-0.15, -0.1) is 0 Å². The van der Waals surface area contributed by atoms with E-state index < -0.39 is 5.60 Å². The van der Waals surface area contributed by atoms with Crippen LogP contribution in [-0.2, 0) is 9.53 Å². The minimum atomic E-state index is -0.701. The Hall–Kier alpha value is -1.62. The SMILES string of the molecule is CCOc1ncc(NC(=O)C2(OCC)CCC(C)CC2)cc1C. The highest BCUT2D eigenvalue weighted by Crippen LogP contribution is 2.36. The van der Waals surface area contributed by atoms with E-state index in [0.29, 0.717) is 30.7 Å². The van der Waals surface area contributed by atoms with Crippen LogP contribution in [0, 0.1) is 12.8 Å². The fraction of sp³-hybridized carbons (Fsp3) is 0.667. The van der Waals surface area contributed by atoms with Gasteiger partial charge in [0.15, 0.2) is 0 Å². The van der Waals surface area contributed by atoms with Crippen LogP contribution in [0.5, 0.6) is 5.88 Å². The monoisotopic (exact) mass is 320 g/mol. The number of nitrogens with zero attached hydrogens (tertiary/aromatic N) is 1. The van der Waals surface area contributed by atoms with Gasteiger partial charge in [-0.05, 0) is 58.4 Å². The zero-order valence-electron chi connectivity index (χ0n) is 14.6. The van der Waals surface area contributed by atoms with E-state index in [-0.39, 0.29) is 5.91 Å². The zero-order chi connectivity index (χ0) is 16.9. The van der Waals surface area contributed by atoms with Crippen molar-refractivity contribution in [3.8, 4) is 5.88 Å². The molecule has 1 fully saturated rings. The number of amides is 1. The summed E-state index contributed by atoms with van der Waals surface area (Å²) in [5.74, 6) is 1.21. The Labute approximate surface area is 138 Å². The van der Waals surface area contributed by atoms with Gasteiger partial charge in [-0.2, -0.15) is 0 Å². The highest BCUT2D eigenvalue weighted by molar-refractivity contribution is 5.97. The highest BCUT2D eigenvalue weighted by Gasteiger charge is 2.41. The van der Waals surface area contributed by atoms with Crippen LogP contribution in [0.4, 0.5) is 5.69 Å².